The second kappa shape index (κ2) is 10.9. The maximum atomic E-state index is 10.9. The maximum Gasteiger partial charge on any atom is 0.119 e. The van der Waals surface area contributed by atoms with Crippen LogP contribution in [0.25, 0.3) is 0 Å². The number of aromatic hydroxyl groups is 3. The van der Waals surface area contributed by atoms with Gasteiger partial charge < -0.3 is 15.3 Å². The summed E-state index contributed by atoms with van der Waals surface area (Å²) in [5, 5.41) is 32.4. The van der Waals surface area contributed by atoms with E-state index in [0.717, 1.165) is 39.8 Å². The van der Waals surface area contributed by atoms with E-state index < -0.39 is 0 Å². The molecule has 2 atom stereocenters. The second-order valence-electron chi connectivity index (χ2n) is 14.1. The van der Waals surface area contributed by atoms with Crippen LogP contribution in [0.4, 0.5) is 0 Å². The Labute approximate surface area is 236 Å². The zero-order valence-electron chi connectivity index (χ0n) is 26.2. The number of phenols is 3. The minimum Gasteiger partial charge on any atom is -0.508 e. The molecule has 3 heteroatoms. The molecule has 0 amide bonds. The topological polar surface area (TPSA) is 60.7 Å². The van der Waals surface area contributed by atoms with E-state index in [0.29, 0.717) is 17.2 Å². The lowest BCUT2D eigenvalue weighted by atomic mass is 9.74. The zero-order valence-corrected chi connectivity index (χ0v) is 26.2. The van der Waals surface area contributed by atoms with E-state index in [9.17, 15) is 15.3 Å². The van der Waals surface area contributed by atoms with Crippen LogP contribution in [-0.2, 0) is 10.8 Å². The third kappa shape index (κ3) is 6.45. The number of phenolic OH excluding ortho intramolecular Hbond substituents is 3. The molecule has 3 aromatic carbocycles. The van der Waals surface area contributed by atoms with Crippen molar-refractivity contribution in [2.24, 2.45) is 0 Å². The van der Waals surface area contributed by atoms with E-state index in [1.54, 1.807) is 0 Å². The Bertz CT molecular complexity index is 1350. The largest absolute Gasteiger partial charge is 0.508 e. The summed E-state index contributed by atoms with van der Waals surface area (Å²) in [5.74, 6) is 1.50. The summed E-state index contributed by atoms with van der Waals surface area (Å²) in [5.41, 5.74) is 9.38. The standard InChI is InChI=1S/C36H50O3/c1-20(2)25-17-27(23(5)14-32(25)37)29(28-19-31(36(10,11)12)34(39)16-24(28)6)13-21(3)26-18-30(35(7,8)9)33(38)15-22(26)4/h14-21,29,37-39H,13H2,1-12H3. The fourth-order valence-corrected chi connectivity index (χ4v) is 5.99. The molecule has 0 fully saturated rings. The van der Waals surface area contributed by atoms with Crippen molar-refractivity contribution < 1.29 is 15.3 Å². The first-order valence-electron chi connectivity index (χ1n) is 14.3. The second-order valence-corrected chi connectivity index (χ2v) is 14.1. The molecular weight excluding hydrogens is 480 g/mol. The van der Waals surface area contributed by atoms with Crippen molar-refractivity contribution >= 4 is 0 Å². The predicted molar refractivity (Wildman–Crippen MR) is 165 cm³/mol. The average molecular weight is 531 g/mol. The first-order chi connectivity index (χ1) is 17.8. The lowest BCUT2D eigenvalue weighted by Gasteiger charge is -2.30. The quantitative estimate of drug-likeness (QED) is 0.297. The lowest BCUT2D eigenvalue weighted by Crippen LogP contribution is -2.16. The molecule has 0 aliphatic heterocycles. The Kier molecular flexibility index (Phi) is 8.56. The van der Waals surface area contributed by atoms with E-state index in [-0.39, 0.29) is 28.6 Å². The normalized spacial score (nSPS) is 14.1. The van der Waals surface area contributed by atoms with Crippen molar-refractivity contribution in [2.75, 3.05) is 0 Å². The fraction of sp³-hybridized carbons (Fsp3) is 0.500. The Balaban J connectivity index is 2.27. The first-order valence-corrected chi connectivity index (χ1v) is 14.3. The lowest BCUT2D eigenvalue weighted by molar-refractivity contribution is 0.445. The zero-order chi connectivity index (χ0) is 29.6. The molecule has 0 bridgehead atoms. The molecule has 3 N–H and O–H groups in total. The third-order valence-electron chi connectivity index (χ3n) is 8.29. The number of aryl methyl sites for hydroxylation is 3. The van der Waals surface area contributed by atoms with Gasteiger partial charge in [0, 0.05) is 5.92 Å². The van der Waals surface area contributed by atoms with Crippen molar-refractivity contribution in [3.63, 3.8) is 0 Å². The van der Waals surface area contributed by atoms with E-state index in [4.69, 9.17) is 0 Å². The summed E-state index contributed by atoms with van der Waals surface area (Å²) >= 11 is 0. The van der Waals surface area contributed by atoms with Gasteiger partial charge >= 0.3 is 0 Å². The van der Waals surface area contributed by atoms with Gasteiger partial charge in [-0.15, -0.1) is 0 Å². The van der Waals surface area contributed by atoms with Gasteiger partial charge in [-0.2, -0.15) is 0 Å². The van der Waals surface area contributed by atoms with Crippen LogP contribution in [0, 0.1) is 20.8 Å². The van der Waals surface area contributed by atoms with Crippen molar-refractivity contribution in [3.05, 3.63) is 86.5 Å². The highest BCUT2D eigenvalue weighted by Gasteiger charge is 2.28. The molecule has 39 heavy (non-hydrogen) atoms. The van der Waals surface area contributed by atoms with Gasteiger partial charge in [0.25, 0.3) is 0 Å². The molecule has 2 unspecified atom stereocenters. The molecule has 0 aromatic heterocycles. The van der Waals surface area contributed by atoms with Crippen LogP contribution in [0.5, 0.6) is 17.2 Å². The van der Waals surface area contributed by atoms with Gasteiger partial charge in [0.2, 0.25) is 0 Å². The van der Waals surface area contributed by atoms with Crippen LogP contribution in [-0.4, -0.2) is 15.3 Å². The summed E-state index contributed by atoms with van der Waals surface area (Å²) < 4.78 is 0. The Hall–Kier alpha value is -2.94. The van der Waals surface area contributed by atoms with Crippen molar-refractivity contribution in [1.29, 1.82) is 0 Å². The number of hydrogen-bond donors (Lipinski definition) is 3. The summed E-state index contributed by atoms with van der Waals surface area (Å²) in [6, 6.07) is 12.3. The Morgan fingerprint density at radius 2 is 0.923 bits per heavy atom. The van der Waals surface area contributed by atoms with Gasteiger partial charge in [0.1, 0.15) is 17.2 Å². The molecule has 0 saturated carbocycles. The smallest absolute Gasteiger partial charge is 0.119 e. The van der Waals surface area contributed by atoms with Gasteiger partial charge in [-0.25, -0.2) is 0 Å². The molecule has 3 aromatic rings. The highest BCUT2D eigenvalue weighted by atomic mass is 16.3. The Morgan fingerprint density at radius 1 is 0.538 bits per heavy atom. The number of benzene rings is 3. The minimum atomic E-state index is -0.203. The van der Waals surface area contributed by atoms with Crippen LogP contribution in [0.3, 0.4) is 0 Å². The summed E-state index contributed by atoms with van der Waals surface area (Å²) in [6.45, 7) is 25.6. The Morgan fingerprint density at radius 3 is 1.36 bits per heavy atom. The van der Waals surface area contributed by atoms with E-state index in [1.165, 1.54) is 16.7 Å². The minimum absolute atomic E-state index is 0.0612. The fourth-order valence-electron chi connectivity index (χ4n) is 5.99. The van der Waals surface area contributed by atoms with Crippen molar-refractivity contribution in [1.82, 2.24) is 0 Å². The molecule has 0 aliphatic rings. The monoisotopic (exact) mass is 530 g/mol. The van der Waals surface area contributed by atoms with E-state index in [2.05, 4.69) is 101 Å². The molecular formula is C36H50O3. The SMILES string of the molecule is Cc1cc(O)c(C(C)(C)C)cc1C(C)CC(c1cc(C(C)C)c(O)cc1C)c1cc(C(C)(C)C)c(O)cc1C. The first kappa shape index (κ1) is 30.6. The van der Waals surface area contributed by atoms with Crippen molar-refractivity contribution in [2.45, 2.75) is 118 Å². The van der Waals surface area contributed by atoms with Crippen LogP contribution in [0.15, 0.2) is 36.4 Å². The molecule has 3 nitrogen and oxygen atoms in total. The van der Waals surface area contributed by atoms with E-state index >= 15 is 0 Å². The van der Waals surface area contributed by atoms with Crippen LogP contribution >= 0.6 is 0 Å². The van der Waals surface area contributed by atoms with E-state index in [1.807, 2.05) is 18.2 Å². The predicted octanol–water partition coefficient (Wildman–Crippen LogP) is 9.77. The van der Waals surface area contributed by atoms with Gasteiger partial charge in [-0.05, 0) is 118 Å². The van der Waals surface area contributed by atoms with Gasteiger partial charge in [0.05, 0.1) is 0 Å². The molecule has 0 heterocycles. The number of hydrogen-bond acceptors (Lipinski definition) is 3. The third-order valence-corrected chi connectivity index (χ3v) is 8.29. The molecule has 212 valence electrons. The molecule has 0 saturated heterocycles. The van der Waals surface area contributed by atoms with Gasteiger partial charge in [-0.1, -0.05) is 80.5 Å². The van der Waals surface area contributed by atoms with Crippen molar-refractivity contribution in [3.8, 4) is 17.2 Å². The van der Waals surface area contributed by atoms with Crippen LogP contribution in [0.2, 0.25) is 0 Å². The van der Waals surface area contributed by atoms with Crippen LogP contribution < -0.4 is 0 Å². The average Bonchev–Trinajstić information content (AvgIpc) is 2.76. The molecule has 0 radical (unpaired) electrons. The van der Waals surface area contributed by atoms with Gasteiger partial charge in [0.15, 0.2) is 0 Å². The summed E-state index contributed by atoms with van der Waals surface area (Å²) in [4.78, 5) is 0. The summed E-state index contributed by atoms with van der Waals surface area (Å²) in [7, 11) is 0. The molecule has 0 spiro atoms. The highest BCUT2D eigenvalue weighted by Crippen LogP contribution is 2.45. The highest BCUT2D eigenvalue weighted by molar-refractivity contribution is 5.53. The number of rotatable bonds is 6. The maximum absolute atomic E-state index is 10.9. The summed E-state index contributed by atoms with van der Waals surface area (Å²) in [6.07, 6.45) is 0.855. The van der Waals surface area contributed by atoms with Gasteiger partial charge in [-0.3, -0.25) is 0 Å². The molecule has 0 aliphatic carbocycles. The molecule has 3 rings (SSSR count). The van der Waals surface area contributed by atoms with Crippen LogP contribution in [0.1, 0.15) is 137 Å².